The van der Waals surface area contributed by atoms with Crippen LogP contribution < -0.4 is 9.47 Å². The predicted octanol–water partition coefficient (Wildman–Crippen LogP) is 3.84. The average molecular weight is 238 g/mol. The van der Waals surface area contributed by atoms with Crippen molar-refractivity contribution < 1.29 is 18.3 Å². The molecule has 0 fully saturated rings. The van der Waals surface area contributed by atoms with Crippen LogP contribution >= 0.6 is 0 Å². The first-order valence-electron chi connectivity index (χ1n) is 5.31. The average Bonchev–Trinajstić information content (AvgIpc) is 2.58. The largest absolute Gasteiger partial charge is 0.586 e. The van der Waals surface area contributed by atoms with E-state index in [4.69, 9.17) is 0 Å². The Hall–Kier alpha value is -1.80. The lowest BCUT2D eigenvalue weighted by Crippen LogP contribution is -2.25. The van der Waals surface area contributed by atoms with E-state index in [-0.39, 0.29) is 17.4 Å². The normalized spacial score (nSPS) is 17.4. The highest BCUT2D eigenvalue weighted by Gasteiger charge is 2.43. The van der Waals surface area contributed by atoms with Crippen molar-refractivity contribution in [3.05, 3.63) is 42.1 Å². The zero-order valence-electron chi connectivity index (χ0n) is 9.37. The van der Waals surface area contributed by atoms with Crippen molar-refractivity contribution in [3.8, 4) is 11.5 Å². The maximum atomic E-state index is 12.8. The van der Waals surface area contributed by atoms with Crippen LogP contribution in [0.15, 0.2) is 36.6 Å². The number of allylic oxidation sites excluding steroid dienone is 1. The molecular formula is C13H12F2O2. The van der Waals surface area contributed by atoms with Gasteiger partial charge in [0.15, 0.2) is 11.5 Å². The number of rotatable bonds is 3. The predicted molar refractivity (Wildman–Crippen MR) is 59.4 cm³/mol. The Morgan fingerprint density at radius 2 is 2.12 bits per heavy atom. The van der Waals surface area contributed by atoms with Gasteiger partial charge in [0.1, 0.15) is 0 Å². The van der Waals surface area contributed by atoms with Crippen LogP contribution in [0.25, 0.3) is 0 Å². The summed E-state index contributed by atoms with van der Waals surface area (Å²) in [6.45, 7) is 5.51. The van der Waals surface area contributed by atoms with Crippen LogP contribution in [-0.4, -0.2) is 6.29 Å². The Morgan fingerprint density at radius 1 is 1.41 bits per heavy atom. The van der Waals surface area contributed by atoms with Crippen LogP contribution in [0.2, 0.25) is 0 Å². The minimum Gasteiger partial charge on any atom is -0.395 e. The van der Waals surface area contributed by atoms with Gasteiger partial charge in [-0.15, -0.1) is 14.5 Å². The fourth-order valence-electron chi connectivity index (χ4n) is 1.79. The van der Waals surface area contributed by atoms with Crippen LogP contribution in [-0.2, 0) is 0 Å². The third-order valence-corrected chi connectivity index (χ3v) is 2.61. The van der Waals surface area contributed by atoms with E-state index < -0.39 is 6.29 Å². The van der Waals surface area contributed by atoms with E-state index in [9.17, 15) is 8.78 Å². The van der Waals surface area contributed by atoms with Crippen molar-refractivity contribution in [2.45, 2.75) is 25.6 Å². The van der Waals surface area contributed by atoms with Crippen molar-refractivity contribution in [2.24, 2.45) is 0 Å². The SMILES string of the molecule is C=C=CC(CC)c1ccc2c(c1)OC(F)(F)O2. The molecule has 4 heteroatoms. The van der Waals surface area contributed by atoms with E-state index in [0.29, 0.717) is 0 Å². The molecule has 1 aromatic rings. The van der Waals surface area contributed by atoms with E-state index in [1.165, 1.54) is 6.07 Å². The highest BCUT2D eigenvalue weighted by atomic mass is 19.3. The third kappa shape index (κ3) is 2.32. The van der Waals surface area contributed by atoms with Gasteiger partial charge in [0.25, 0.3) is 0 Å². The van der Waals surface area contributed by atoms with Gasteiger partial charge < -0.3 is 9.47 Å². The second kappa shape index (κ2) is 4.22. The van der Waals surface area contributed by atoms with Gasteiger partial charge >= 0.3 is 6.29 Å². The molecule has 1 heterocycles. The Bertz CT molecular complexity index is 476. The smallest absolute Gasteiger partial charge is 0.395 e. The molecule has 1 atom stereocenters. The molecule has 0 radical (unpaired) electrons. The van der Waals surface area contributed by atoms with Gasteiger partial charge in [0.05, 0.1) is 0 Å². The third-order valence-electron chi connectivity index (χ3n) is 2.61. The van der Waals surface area contributed by atoms with Crippen LogP contribution in [0.1, 0.15) is 24.8 Å². The van der Waals surface area contributed by atoms with Crippen LogP contribution in [0.5, 0.6) is 11.5 Å². The quantitative estimate of drug-likeness (QED) is 0.745. The summed E-state index contributed by atoms with van der Waals surface area (Å²) in [5.74, 6) is 0.232. The van der Waals surface area contributed by atoms with Crippen molar-refractivity contribution in [2.75, 3.05) is 0 Å². The van der Waals surface area contributed by atoms with E-state index >= 15 is 0 Å². The lowest BCUT2D eigenvalue weighted by Gasteiger charge is -2.09. The zero-order chi connectivity index (χ0) is 12.5. The summed E-state index contributed by atoms with van der Waals surface area (Å²) >= 11 is 0. The number of benzene rings is 1. The lowest BCUT2D eigenvalue weighted by atomic mass is 9.96. The molecule has 0 saturated heterocycles. The standard InChI is InChI=1S/C13H12F2O2/c1-3-5-9(4-2)10-6-7-11-12(8-10)17-13(14,15)16-11/h5-9H,1,4H2,2H3. The van der Waals surface area contributed by atoms with Crippen LogP contribution in [0.3, 0.4) is 0 Å². The summed E-state index contributed by atoms with van der Waals surface area (Å²) in [7, 11) is 0. The fourth-order valence-corrected chi connectivity index (χ4v) is 1.79. The first-order chi connectivity index (χ1) is 8.05. The molecular weight excluding hydrogens is 226 g/mol. The van der Waals surface area contributed by atoms with E-state index in [2.05, 4.69) is 21.8 Å². The zero-order valence-corrected chi connectivity index (χ0v) is 9.37. The molecule has 0 aromatic heterocycles. The van der Waals surface area contributed by atoms with Gasteiger partial charge in [-0.3, -0.25) is 0 Å². The van der Waals surface area contributed by atoms with E-state index in [0.717, 1.165) is 12.0 Å². The topological polar surface area (TPSA) is 18.5 Å². The van der Waals surface area contributed by atoms with Gasteiger partial charge in [-0.05, 0) is 30.2 Å². The molecule has 0 bridgehead atoms. The van der Waals surface area contributed by atoms with Crippen molar-refractivity contribution >= 4 is 0 Å². The minimum absolute atomic E-state index is 0.0659. The van der Waals surface area contributed by atoms with Crippen molar-refractivity contribution in [3.63, 3.8) is 0 Å². The molecule has 1 aliphatic rings. The molecule has 0 aliphatic carbocycles. The molecule has 90 valence electrons. The van der Waals surface area contributed by atoms with Crippen LogP contribution in [0, 0.1) is 0 Å². The molecule has 0 saturated carbocycles. The molecule has 0 N–H and O–H groups in total. The number of hydrogen-bond acceptors (Lipinski definition) is 2. The van der Waals surface area contributed by atoms with Gasteiger partial charge in [0.2, 0.25) is 0 Å². The number of ether oxygens (including phenoxy) is 2. The van der Waals surface area contributed by atoms with Crippen molar-refractivity contribution in [1.29, 1.82) is 0 Å². The van der Waals surface area contributed by atoms with Gasteiger partial charge in [-0.2, -0.15) is 0 Å². The summed E-state index contributed by atoms with van der Waals surface area (Å²) in [5, 5.41) is 0. The second-order valence-corrected chi connectivity index (χ2v) is 3.76. The molecule has 1 aliphatic heterocycles. The lowest BCUT2D eigenvalue weighted by molar-refractivity contribution is -0.286. The Morgan fingerprint density at radius 3 is 2.76 bits per heavy atom. The number of fused-ring (bicyclic) bond motifs is 1. The Kier molecular flexibility index (Phi) is 2.90. The molecule has 0 spiro atoms. The summed E-state index contributed by atoms with van der Waals surface area (Å²) in [6.07, 6.45) is -0.925. The van der Waals surface area contributed by atoms with E-state index in [1.807, 2.05) is 6.92 Å². The van der Waals surface area contributed by atoms with Crippen LogP contribution in [0.4, 0.5) is 8.78 Å². The fraction of sp³-hybridized carbons (Fsp3) is 0.308. The molecule has 1 unspecified atom stereocenters. The maximum absolute atomic E-state index is 12.8. The molecule has 2 rings (SSSR count). The van der Waals surface area contributed by atoms with Gasteiger partial charge in [-0.25, -0.2) is 0 Å². The number of alkyl halides is 2. The monoisotopic (exact) mass is 238 g/mol. The summed E-state index contributed by atoms with van der Waals surface area (Å²) in [6, 6.07) is 4.80. The van der Waals surface area contributed by atoms with Crippen molar-refractivity contribution in [1.82, 2.24) is 0 Å². The van der Waals surface area contributed by atoms with E-state index in [1.54, 1.807) is 18.2 Å². The molecule has 0 amide bonds. The number of hydrogen-bond donors (Lipinski definition) is 0. The first-order valence-corrected chi connectivity index (χ1v) is 5.31. The summed E-state index contributed by atoms with van der Waals surface area (Å²) in [4.78, 5) is 0. The summed E-state index contributed by atoms with van der Waals surface area (Å²) < 4.78 is 34.4. The summed E-state index contributed by atoms with van der Waals surface area (Å²) in [5.41, 5.74) is 3.58. The second-order valence-electron chi connectivity index (χ2n) is 3.76. The molecule has 1 aromatic carbocycles. The van der Waals surface area contributed by atoms with Gasteiger partial charge in [-0.1, -0.05) is 19.6 Å². The number of halogens is 2. The Labute approximate surface area is 98.2 Å². The maximum Gasteiger partial charge on any atom is 0.586 e. The minimum atomic E-state index is -3.56. The Balaban J connectivity index is 2.33. The molecule has 17 heavy (non-hydrogen) atoms. The highest BCUT2D eigenvalue weighted by molar-refractivity contribution is 5.46. The highest BCUT2D eigenvalue weighted by Crippen LogP contribution is 2.42. The first kappa shape index (κ1) is 11.7. The molecule has 2 nitrogen and oxygen atoms in total. The van der Waals surface area contributed by atoms with Gasteiger partial charge in [0, 0.05) is 5.92 Å².